The Kier molecular flexibility index (Phi) is 5.48. The highest BCUT2D eigenvalue weighted by Gasteiger charge is 2.19. The molecule has 2 rings (SSSR count). The summed E-state index contributed by atoms with van der Waals surface area (Å²) < 4.78 is 28.1. The van der Waals surface area contributed by atoms with Crippen LogP contribution in [-0.4, -0.2) is 21.4 Å². The highest BCUT2D eigenvalue weighted by atomic mass is 35.5. The van der Waals surface area contributed by atoms with E-state index in [9.17, 15) is 13.2 Å². The van der Waals surface area contributed by atoms with Gasteiger partial charge in [0.2, 0.25) is 10.0 Å². The molecule has 0 spiro atoms. The van der Waals surface area contributed by atoms with Gasteiger partial charge in [0, 0.05) is 5.02 Å². The Bertz CT molecular complexity index is 851. The maximum Gasteiger partial charge on any atom is 0.255 e. The normalized spacial score (nSPS) is 12.5. The Morgan fingerprint density at radius 3 is 2.38 bits per heavy atom. The summed E-state index contributed by atoms with van der Waals surface area (Å²) in [5, 5.41) is 8.50. The van der Waals surface area contributed by atoms with Gasteiger partial charge in [-0.1, -0.05) is 23.7 Å². The molecule has 0 radical (unpaired) electrons. The molecule has 2 aromatic carbocycles. The largest absolute Gasteiger partial charge is 0.496 e. The van der Waals surface area contributed by atoms with E-state index in [0.29, 0.717) is 5.02 Å². The van der Waals surface area contributed by atoms with Crippen molar-refractivity contribution < 1.29 is 17.9 Å². The molecule has 2 aromatic rings. The van der Waals surface area contributed by atoms with E-state index in [0.717, 1.165) is 5.56 Å². The van der Waals surface area contributed by atoms with Crippen molar-refractivity contribution >= 4 is 27.5 Å². The van der Waals surface area contributed by atoms with Crippen molar-refractivity contribution in [2.75, 3.05) is 7.11 Å². The van der Waals surface area contributed by atoms with Crippen LogP contribution < -0.4 is 15.2 Å². The lowest BCUT2D eigenvalue weighted by molar-refractivity contribution is 0.0936. The van der Waals surface area contributed by atoms with E-state index in [1.54, 1.807) is 31.2 Å². The lowest BCUT2D eigenvalue weighted by Crippen LogP contribution is -2.27. The Morgan fingerprint density at radius 2 is 1.83 bits per heavy atom. The van der Waals surface area contributed by atoms with Gasteiger partial charge in [0.25, 0.3) is 5.91 Å². The third-order valence-corrected chi connectivity index (χ3v) is 4.62. The summed E-state index contributed by atoms with van der Waals surface area (Å²) in [4.78, 5) is 12.3. The topological polar surface area (TPSA) is 98.5 Å². The van der Waals surface area contributed by atoms with Crippen LogP contribution in [0.5, 0.6) is 5.75 Å². The zero-order chi connectivity index (χ0) is 17.9. The number of carbonyl (C=O) groups is 1. The molecule has 0 bridgehead atoms. The molecule has 1 atom stereocenters. The molecule has 1 amide bonds. The van der Waals surface area contributed by atoms with Crippen LogP contribution in [0.25, 0.3) is 0 Å². The van der Waals surface area contributed by atoms with Gasteiger partial charge >= 0.3 is 0 Å². The van der Waals surface area contributed by atoms with Gasteiger partial charge in [0.1, 0.15) is 5.75 Å². The van der Waals surface area contributed by atoms with Gasteiger partial charge in [0.05, 0.1) is 23.6 Å². The molecule has 0 saturated heterocycles. The van der Waals surface area contributed by atoms with E-state index < -0.39 is 15.9 Å². The number of rotatable bonds is 5. The Hall–Kier alpha value is -2.09. The van der Waals surface area contributed by atoms with Crippen molar-refractivity contribution in [3.63, 3.8) is 0 Å². The maximum atomic E-state index is 12.5. The summed E-state index contributed by atoms with van der Waals surface area (Å²) in [7, 11) is -2.53. The maximum absolute atomic E-state index is 12.5. The average Bonchev–Trinajstić information content (AvgIpc) is 2.53. The van der Waals surface area contributed by atoms with Gasteiger partial charge in [-0.05, 0) is 42.8 Å². The Labute approximate surface area is 145 Å². The van der Waals surface area contributed by atoms with Crippen LogP contribution in [0, 0.1) is 0 Å². The summed E-state index contributed by atoms with van der Waals surface area (Å²) in [5.74, 6) is -0.219. The van der Waals surface area contributed by atoms with Crippen LogP contribution in [0.4, 0.5) is 0 Å². The van der Waals surface area contributed by atoms with Gasteiger partial charge in [-0.3, -0.25) is 4.79 Å². The summed E-state index contributed by atoms with van der Waals surface area (Å²) in [5.41, 5.74) is 0.944. The SMILES string of the molecule is COc1ccc(S(N)(=O)=O)cc1C(=O)NC(C)c1ccc(Cl)cc1. The molecule has 1 unspecified atom stereocenters. The second-order valence-corrected chi connectivity index (χ2v) is 7.15. The number of amides is 1. The highest BCUT2D eigenvalue weighted by Crippen LogP contribution is 2.23. The first-order chi connectivity index (χ1) is 11.2. The van der Waals surface area contributed by atoms with E-state index in [1.165, 1.54) is 25.3 Å². The van der Waals surface area contributed by atoms with Crippen molar-refractivity contribution in [1.82, 2.24) is 5.32 Å². The van der Waals surface area contributed by atoms with Crippen molar-refractivity contribution in [3.8, 4) is 5.75 Å². The fourth-order valence-corrected chi connectivity index (χ4v) is 2.82. The zero-order valence-corrected chi connectivity index (χ0v) is 14.7. The van der Waals surface area contributed by atoms with Gasteiger partial charge in [0.15, 0.2) is 0 Å². The number of ether oxygens (including phenoxy) is 1. The molecule has 0 aliphatic carbocycles. The summed E-state index contributed by atoms with van der Waals surface area (Å²) in [6.45, 7) is 1.80. The quantitative estimate of drug-likeness (QED) is 0.846. The van der Waals surface area contributed by atoms with Crippen molar-refractivity contribution in [2.45, 2.75) is 17.9 Å². The lowest BCUT2D eigenvalue weighted by atomic mass is 10.1. The second-order valence-electron chi connectivity index (χ2n) is 5.15. The molecule has 0 heterocycles. The first kappa shape index (κ1) is 18.3. The smallest absolute Gasteiger partial charge is 0.255 e. The number of halogens is 1. The molecule has 3 N–H and O–H groups in total. The minimum atomic E-state index is -3.92. The second kappa shape index (κ2) is 7.21. The van der Waals surface area contributed by atoms with Crippen molar-refractivity contribution in [1.29, 1.82) is 0 Å². The number of nitrogens with one attached hydrogen (secondary N) is 1. The third-order valence-electron chi connectivity index (χ3n) is 3.46. The number of nitrogens with two attached hydrogens (primary N) is 1. The number of benzene rings is 2. The number of hydrogen-bond acceptors (Lipinski definition) is 4. The molecule has 128 valence electrons. The molecular weight excluding hydrogens is 352 g/mol. The molecule has 0 fully saturated rings. The molecule has 0 aliphatic heterocycles. The minimum absolute atomic E-state index is 0.0878. The first-order valence-corrected chi connectivity index (χ1v) is 8.92. The number of methoxy groups -OCH3 is 1. The van der Waals surface area contributed by atoms with Gasteiger partial charge < -0.3 is 10.1 Å². The van der Waals surface area contributed by atoms with Crippen LogP contribution >= 0.6 is 11.6 Å². The summed E-state index contributed by atoms with van der Waals surface area (Å²) in [6.07, 6.45) is 0. The molecule has 0 aromatic heterocycles. The Morgan fingerprint density at radius 1 is 1.21 bits per heavy atom. The number of hydrogen-bond donors (Lipinski definition) is 2. The predicted molar refractivity (Wildman–Crippen MR) is 91.7 cm³/mol. The fraction of sp³-hybridized carbons (Fsp3) is 0.188. The van der Waals surface area contributed by atoms with Crippen LogP contribution in [0.15, 0.2) is 47.4 Å². The highest BCUT2D eigenvalue weighted by molar-refractivity contribution is 7.89. The number of sulfonamides is 1. The fourth-order valence-electron chi connectivity index (χ4n) is 2.15. The van der Waals surface area contributed by atoms with Gasteiger partial charge in [-0.2, -0.15) is 0 Å². The van der Waals surface area contributed by atoms with E-state index in [2.05, 4.69) is 5.32 Å². The standard InChI is InChI=1S/C16H17ClN2O4S/c1-10(11-3-5-12(17)6-4-11)19-16(20)14-9-13(24(18,21)22)7-8-15(14)23-2/h3-10H,1-2H3,(H,19,20)(H2,18,21,22). The molecule has 8 heteroatoms. The van der Waals surface area contributed by atoms with Crippen molar-refractivity contribution in [3.05, 3.63) is 58.6 Å². The van der Waals surface area contributed by atoms with E-state index in [-0.39, 0.29) is 22.3 Å². The molecule has 6 nitrogen and oxygen atoms in total. The van der Waals surface area contributed by atoms with Crippen molar-refractivity contribution in [2.24, 2.45) is 5.14 Å². The zero-order valence-electron chi connectivity index (χ0n) is 13.1. The van der Waals surface area contributed by atoms with Crippen LogP contribution in [0.1, 0.15) is 28.9 Å². The lowest BCUT2D eigenvalue weighted by Gasteiger charge is -2.16. The predicted octanol–water partition coefficient (Wildman–Crippen LogP) is 2.49. The summed E-state index contributed by atoms with van der Waals surface area (Å²) in [6, 6.07) is 10.6. The van der Waals surface area contributed by atoms with E-state index in [4.69, 9.17) is 21.5 Å². The van der Waals surface area contributed by atoms with Gasteiger partial charge in [-0.25, -0.2) is 13.6 Å². The third kappa shape index (κ3) is 4.25. The monoisotopic (exact) mass is 368 g/mol. The molecule has 0 aliphatic rings. The number of primary sulfonamides is 1. The first-order valence-electron chi connectivity index (χ1n) is 6.99. The molecule has 24 heavy (non-hydrogen) atoms. The molecular formula is C16H17ClN2O4S. The minimum Gasteiger partial charge on any atom is -0.496 e. The van der Waals surface area contributed by atoms with Gasteiger partial charge in [-0.15, -0.1) is 0 Å². The Balaban J connectivity index is 2.29. The molecule has 0 saturated carbocycles. The van der Waals surface area contributed by atoms with E-state index >= 15 is 0 Å². The van der Waals surface area contributed by atoms with Crippen LogP contribution in [-0.2, 0) is 10.0 Å². The number of carbonyl (C=O) groups excluding carboxylic acids is 1. The van der Waals surface area contributed by atoms with Crippen LogP contribution in [0.3, 0.4) is 0 Å². The average molecular weight is 369 g/mol. The van der Waals surface area contributed by atoms with E-state index in [1.807, 2.05) is 0 Å². The summed E-state index contributed by atoms with van der Waals surface area (Å²) >= 11 is 5.85. The van der Waals surface area contributed by atoms with Crippen LogP contribution in [0.2, 0.25) is 5.02 Å².